The first-order valence-electron chi connectivity index (χ1n) is 9.62. The van der Waals surface area contributed by atoms with E-state index in [0.717, 1.165) is 27.5 Å². The van der Waals surface area contributed by atoms with Crippen LogP contribution in [0, 0.1) is 6.92 Å². The van der Waals surface area contributed by atoms with Crippen molar-refractivity contribution < 1.29 is 14.3 Å². The quantitative estimate of drug-likeness (QED) is 0.458. The summed E-state index contributed by atoms with van der Waals surface area (Å²) in [6, 6.07) is 13.5. The number of aromatic nitrogens is 2. The largest absolute Gasteiger partial charge is 0.493 e. The lowest BCUT2D eigenvalue weighted by atomic mass is 10.1. The number of methoxy groups -OCH3 is 2. The van der Waals surface area contributed by atoms with E-state index in [1.54, 1.807) is 25.6 Å². The van der Waals surface area contributed by atoms with Gasteiger partial charge in [0.2, 0.25) is 5.91 Å². The van der Waals surface area contributed by atoms with Crippen LogP contribution in [0.5, 0.6) is 11.5 Å². The van der Waals surface area contributed by atoms with Crippen LogP contribution in [-0.4, -0.2) is 29.5 Å². The van der Waals surface area contributed by atoms with Gasteiger partial charge < -0.3 is 14.8 Å². The zero-order valence-corrected chi connectivity index (χ0v) is 18.0. The van der Waals surface area contributed by atoms with E-state index < -0.39 is 0 Å². The normalized spacial score (nSPS) is 10.9. The first kappa shape index (κ1) is 20.0. The smallest absolute Gasteiger partial charge is 0.224 e. The summed E-state index contributed by atoms with van der Waals surface area (Å²) in [5.74, 6) is 1.30. The summed E-state index contributed by atoms with van der Waals surface area (Å²) in [7, 11) is 3.21. The van der Waals surface area contributed by atoms with E-state index in [2.05, 4.69) is 23.4 Å². The average Bonchev–Trinajstić information content (AvgIpc) is 3.29. The Bertz CT molecular complexity index is 1160. The van der Waals surface area contributed by atoms with E-state index >= 15 is 0 Å². The number of benzene rings is 2. The molecule has 0 unspecified atom stereocenters. The van der Waals surface area contributed by atoms with E-state index in [-0.39, 0.29) is 5.91 Å². The number of imidazole rings is 1. The summed E-state index contributed by atoms with van der Waals surface area (Å²) in [4.78, 5) is 19.3. The molecule has 0 aliphatic heterocycles. The molecule has 0 atom stereocenters. The van der Waals surface area contributed by atoms with Crippen molar-refractivity contribution in [3.8, 4) is 22.8 Å². The van der Waals surface area contributed by atoms with Gasteiger partial charge >= 0.3 is 0 Å². The Labute approximate surface area is 179 Å². The number of nitrogens with one attached hydrogen (secondary N) is 1. The number of carbonyl (C=O) groups is 1. The lowest BCUT2D eigenvalue weighted by Gasteiger charge is -2.10. The van der Waals surface area contributed by atoms with Crippen LogP contribution in [0.15, 0.2) is 54.9 Å². The summed E-state index contributed by atoms with van der Waals surface area (Å²) in [5, 5.41) is 2.98. The zero-order valence-electron chi connectivity index (χ0n) is 17.1. The molecule has 1 amide bonds. The second kappa shape index (κ2) is 8.59. The van der Waals surface area contributed by atoms with Gasteiger partial charge in [-0.05, 0) is 43.2 Å². The number of rotatable bonds is 7. The maximum Gasteiger partial charge on any atom is 0.224 e. The second-order valence-corrected chi connectivity index (χ2v) is 8.19. The summed E-state index contributed by atoms with van der Waals surface area (Å²) in [6.45, 7) is 2.07. The van der Waals surface area contributed by atoms with Crippen LogP contribution < -0.4 is 14.8 Å². The van der Waals surface area contributed by atoms with Crippen molar-refractivity contribution >= 4 is 27.9 Å². The number of fused-ring (bicyclic) bond motifs is 1. The van der Waals surface area contributed by atoms with E-state index in [9.17, 15) is 4.79 Å². The van der Waals surface area contributed by atoms with Crippen molar-refractivity contribution in [3.05, 3.63) is 65.3 Å². The summed E-state index contributed by atoms with van der Waals surface area (Å²) >= 11 is 1.66. The summed E-state index contributed by atoms with van der Waals surface area (Å²) < 4.78 is 12.6. The van der Waals surface area contributed by atoms with Crippen LogP contribution in [0.4, 0.5) is 5.69 Å². The molecule has 2 heterocycles. The monoisotopic (exact) mass is 421 g/mol. The number of anilines is 1. The van der Waals surface area contributed by atoms with Gasteiger partial charge in [0, 0.05) is 34.9 Å². The van der Waals surface area contributed by atoms with Crippen LogP contribution in [0.1, 0.15) is 16.9 Å². The number of carbonyl (C=O) groups excluding carboxylic acids is 1. The molecule has 4 aromatic rings. The Kier molecular flexibility index (Phi) is 5.72. The molecule has 0 spiro atoms. The van der Waals surface area contributed by atoms with Crippen LogP contribution in [0.25, 0.3) is 16.2 Å². The molecular weight excluding hydrogens is 398 g/mol. The van der Waals surface area contributed by atoms with Crippen LogP contribution >= 0.6 is 11.3 Å². The molecule has 7 heteroatoms. The van der Waals surface area contributed by atoms with Crippen LogP contribution in [-0.2, 0) is 11.2 Å². The fraction of sp³-hybridized carbons (Fsp3) is 0.217. The van der Waals surface area contributed by atoms with E-state index in [4.69, 9.17) is 9.47 Å². The van der Waals surface area contributed by atoms with Crippen LogP contribution in [0.3, 0.4) is 0 Å². The molecule has 0 fully saturated rings. The highest BCUT2D eigenvalue weighted by molar-refractivity contribution is 7.17. The van der Waals surface area contributed by atoms with E-state index in [1.807, 2.05) is 53.1 Å². The highest BCUT2D eigenvalue weighted by Gasteiger charge is 2.10. The SMILES string of the molecule is COc1ccc(CCC(=O)Nc2cccc(-c3cn4cc(C)sc4n3)c2)cc1OC. The number of hydrogen-bond donors (Lipinski definition) is 1. The number of amides is 1. The third-order valence-electron chi connectivity index (χ3n) is 4.80. The number of aryl methyl sites for hydroxylation is 2. The molecule has 154 valence electrons. The maximum absolute atomic E-state index is 12.5. The fourth-order valence-electron chi connectivity index (χ4n) is 3.32. The van der Waals surface area contributed by atoms with Crippen molar-refractivity contribution in [3.63, 3.8) is 0 Å². The van der Waals surface area contributed by atoms with Crippen molar-refractivity contribution in [1.82, 2.24) is 9.38 Å². The minimum Gasteiger partial charge on any atom is -0.493 e. The van der Waals surface area contributed by atoms with Crippen LogP contribution in [0.2, 0.25) is 0 Å². The van der Waals surface area contributed by atoms with Gasteiger partial charge in [-0.25, -0.2) is 4.98 Å². The Morgan fingerprint density at radius 1 is 1.10 bits per heavy atom. The molecule has 1 N–H and O–H groups in total. The third-order valence-corrected chi connectivity index (χ3v) is 5.71. The fourth-order valence-corrected chi connectivity index (χ4v) is 4.13. The molecule has 6 nitrogen and oxygen atoms in total. The summed E-state index contributed by atoms with van der Waals surface area (Å²) in [6.07, 6.45) is 5.06. The van der Waals surface area contributed by atoms with Gasteiger partial charge in [-0.2, -0.15) is 0 Å². The van der Waals surface area contributed by atoms with Gasteiger partial charge in [-0.15, -0.1) is 11.3 Å². The predicted molar refractivity (Wildman–Crippen MR) is 120 cm³/mol. The molecule has 30 heavy (non-hydrogen) atoms. The Morgan fingerprint density at radius 2 is 1.93 bits per heavy atom. The standard InChI is InChI=1S/C23H23N3O3S/c1-15-13-26-14-19(25-23(26)30-15)17-5-4-6-18(12-17)24-22(27)10-8-16-7-9-20(28-2)21(11-16)29-3/h4-7,9,11-14H,8,10H2,1-3H3,(H,24,27). The topological polar surface area (TPSA) is 64.9 Å². The molecule has 0 radical (unpaired) electrons. The number of ether oxygens (including phenoxy) is 2. The number of nitrogens with zero attached hydrogens (tertiary/aromatic N) is 2. The zero-order chi connectivity index (χ0) is 21.1. The number of thiazole rings is 1. The Morgan fingerprint density at radius 3 is 2.70 bits per heavy atom. The lowest BCUT2D eigenvalue weighted by Crippen LogP contribution is -2.12. The van der Waals surface area contributed by atoms with Gasteiger partial charge in [0.1, 0.15) is 0 Å². The first-order valence-corrected chi connectivity index (χ1v) is 10.4. The van der Waals surface area contributed by atoms with Gasteiger partial charge in [-0.1, -0.05) is 18.2 Å². The Hall–Kier alpha value is -3.32. The minimum atomic E-state index is -0.0385. The van der Waals surface area contributed by atoms with Crippen molar-refractivity contribution in [2.24, 2.45) is 0 Å². The number of hydrogen-bond acceptors (Lipinski definition) is 5. The van der Waals surface area contributed by atoms with Gasteiger partial charge in [0.15, 0.2) is 16.5 Å². The molecule has 0 saturated heterocycles. The Balaban J connectivity index is 1.41. The second-order valence-electron chi connectivity index (χ2n) is 6.98. The maximum atomic E-state index is 12.5. The molecule has 2 aromatic carbocycles. The first-order chi connectivity index (χ1) is 14.6. The lowest BCUT2D eigenvalue weighted by molar-refractivity contribution is -0.116. The van der Waals surface area contributed by atoms with Gasteiger partial charge in [0.25, 0.3) is 0 Å². The van der Waals surface area contributed by atoms with Crippen molar-refractivity contribution in [1.29, 1.82) is 0 Å². The molecule has 0 bridgehead atoms. The molecule has 2 aromatic heterocycles. The molecular formula is C23H23N3O3S. The predicted octanol–water partition coefficient (Wildman–Crippen LogP) is 4.96. The molecule has 0 saturated carbocycles. The van der Waals surface area contributed by atoms with Gasteiger partial charge in [0.05, 0.1) is 19.9 Å². The van der Waals surface area contributed by atoms with E-state index in [1.165, 1.54) is 4.88 Å². The highest BCUT2D eigenvalue weighted by atomic mass is 32.1. The highest BCUT2D eigenvalue weighted by Crippen LogP contribution is 2.28. The molecule has 4 rings (SSSR count). The van der Waals surface area contributed by atoms with Crippen molar-refractivity contribution in [2.75, 3.05) is 19.5 Å². The van der Waals surface area contributed by atoms with E-state index in [0.29, 0.717) is 24.3 Å². The molecule has 0 aliphatic rings. The van der Waals surface area contributed by atoms with Gasteiger partial charge in [-0.3, -0.25) is 9.20 Å². The average molecular weight is 422 g/mol. The molecule has 0 aliphatic carbocycles. The summed E-state index contributed by atoms with van der Waals surface area (Å²) in [5.41, 5.74) is 3.64. The van der Waals surface area contributed by atoms with Crippen molar-refractivity contribution in [2.45, 2.75) is 19.8 Å². The minimum absolute atomic E-state index is 0.0385. The third kappa shape index (κ3) is 4.31.